The lowest BCUT2D eigenvalue weighted by atomic mass is 9.96. The van der Waals surface area contributed by atoms with Crippen molar-refractivity contribution in [1.82, 2.24) is 0 Å². The molecule has 0 spiro atoms. The molecule has 0 heterocycles. The maximum atomic E-state index is 2.35. The van der Waals surface area contributed by atoms with E-state index in [1.807, 2.05) is 0 Å². The first-order valence-corrected chi connectivity index (χ1v) is 6.64. The summed E-state index contributed by atoms with van der Waals surface area (Å²) in [5.41, 5.74) is 5.26. The smallest absolute Gasteiger partial charge is 0.0151 e. The number of allylic oxidation sites excluding steroid dienone is 1. The molecule has 0 aliphatic heterocycles. The molecule has 0 atom stereocenters. The summed E-state index contributed by atoms with van der Waals surface area (Å²) in [4.78, 5) is 0. The number of rotatable bonds is 4. The van der Waals surface area contributed by atoms with Gasteiger partial charge in [0.05, 0.1) is 0 Å². The van der Waals surface area contributed by atoms with Crippen LogP contribution in [0.1, 0.15) is 36.5 Å². The third-order valence-electron chi connectivity index (χ3n) is 3.08. The van der Waals surface area contributed by atoms with Crippen molar-refractivity contribution in [3.8, 4) is 0 Å². The first kappa shape index (κ1) is 12.6. The van der Waals surface area contributed by atoms with Crippen LogP contribution >= 0.6 is 0 Å². The fourth-order valence-corrected chi connectivity index (χ4v) is 2.04. The van der Waals surface area contributed by atoms with Gasteiger partial charge in [-0.2, -0.15) is 0 Å². The molecule has 0 saturated heterocycles. The number of hydrogen-bond donors (Lipinski definition) is 0. The molecule has 0 aliphatic carbocycles. The van der Waals surface area contributed by atoms with E-state index < -0.39 is 0 Å². The van der Waals surface area contributed by atoms with Crippen LogP contribution in [0.15, 0.2) is 60.7 Å². The van der Waals surface area contributed by atoms with Crippen LogP contribution in [0, 0.1) is 6.92 Å². The van der Waals surface area contributed by atoms with Crippen LogP contribution in [0.2, 0.25) is 0 Å². The van der Waals surface area contributed by atoms with E-state index in [0.717, 1.165) is 6.42 Å². The minimum absolute atomic E-state index is 1.12. The van der Waals surface area contributed by atoms with E-state index in [2.05, 4.69) is 74.5 Å². The summed E-state index contributed by atoms with van der Waals surface area (Å²) in [5, 5.41) is 0. The van der Waals surface area contributed by atoms with E-state index >= 15 is 0 Å². The molecule has 0 unspecified atom stereocenters. The van der Waals surface area contributed by atoms with E-state index in [0.29, 0.717) is 0 Å². The van der Waals surface area contributed by atoms with Crippen molar-refractivity contribution in [2.24, 2.45) is 0 Å². The molecular formula is C18H20. The van der Waals surface area contributed by atoms with Crippen LogP contribution in [0.5, 0.6) is 0 Å². The predicted octanol–water partition coefficient (Wildman–Crippen LogP) is 5.23. The fraction of sp³-hybridized carbons (Fsp3) is 0.222. The highest BCUT2D eigenvalue weighted by atomic mass is 14.1. The van der Waals surface area contributed by atoms with Gasteiger partial charge in [-0.1, -0.05) is 79.6 Å². The highest BCUT2D eigenvalue weighted by Gasteiger charge is 2.03. The third-order valence-corrected chi connectivity index (χ3v) is 3.08. The second-order valence-electron chi connectivity index (χ2n) is 4.64. The molecule has 0 bridgehead atoms. The topological polar surface area (TPSA) is 0 Å². The Morgan fingerprint density at radius 1 is 0.889 bits per heavy atom. The zero-order valence-electron chi connectivity index (χ0n) is 11.2. The number of aryl methyl sites for hydroxylation is 1. The molecule has 0 aliphatic rings. The molecule has 2 rings (SSSR count). The van der Waals surface area contributed by atoms with Gasteiger partial charge in [-0.05, 0) is 30.0 Å². The van der Waals surface area contributed by atoms with Gasteiger partial charge in [-0.25, -0.2) is 0 Å². The average molecular weight is 236 g/mol. The van der Waals surface area contributed by atoms with E-state index in [1.54, 1.807) is 0 Å². The normalized spacial score (nSPS) is 11.6. The molecule has 0 aromatic heterocycles. The van der Waals surface area contributed by atoms with Crippen LogP contribution in [0.4, 0.5) is 0 Å². The molecule has 18 heavy (non-hydrogen) atoms. The van der Waals surface area contributed by atoms with Gasteiger partial charge in [0.2, 0.25) is 0 Å². The minimum atomic E-state index is 1.12. The second kappa shape index (κ2) is 6.20. The van der Waals surface area contributed by atoms with Crippen LogP contribution in [0.25, 0.3) is 5.57 Å². The van der Waals surface area contributed by atoms with Crippen molar-refractivity contribution in [2.45, 2.75) is 26.7 Å². The molecule has 92 valence electrons. The summed E-state index contributed by atoms with van der Waals surface area (Å²) in [5.74, 6) is 0. The SMILES string of the molecule is CCC/C=C(\c1ccccc1)c1ccc(C)cc1. The predicted molar refractivity (Wildman–Crippen MR) is 79.6 cm³/mol. The van der Waals surface area contributed by atoms with Crippen LogP contribution in [-0.2, 0) is 0 Å². The van der Waals surface area contributed by atoms with Crippen LogP contribution in [-0.4, -0.2) is 0 Å². The van der Waals surface area contributed by atoms with Gasteiger partial charge in [0, 0.05) is 0 Å². The number of unbranched alkanes of at least 4 members (excludes halogenated alkanes) is 1. The summed E-state index contributed by atoms with van der Waals surface area (Å²) in [6.45, 7) is 4.34. The Hall–Kier alpha value is -1.82. The van der Waals surface area contributed by atoms with E-state index in [-0.39, 0.29) is 0 Å². The third kappa shape index (κ3) is 3.10. The summed E-state index contributed by atoms with van der Waals surface area (Å²) >= 11 is 0. The van der Waals surface area contributed by atoms with Gasteiger partial charge in [-0.15, -0.1) is 0 Å². The molecule has 0 nitrogen and oxygen atoms in total. The lowest BCUT2D eigenvalue weighted by Crippen LogP contribution is -1.88. The van der Waals surface area contributed by atoms with Gasteiger partial charge < -0.3 is 0 Å². The highest BCUT2D eigenvalue weighted by Crippen LogP contribution is 2.24. The lowest BCUT2D eigenvalue weighted by Gasteiger charge is -2.09. The monoisotopic (exact) mass is 236 g/mol. The Morgan fingerprint density at radius 3 is 2.11 bits per heavy atom. The molecule has 0 saturated carbocycles. The second-order valence-corrected chi connectivity index (χ2v) is 4.64. The average Bonchev–Trinajstić information content (AvgIpc) is 2.42. The zero-order chi connectivity index (χ0) is 12.8. The molecule has 0 N–H and O–H groups in total. The van der Waals surface area contributed by atoms with Crippen molar-refractivity contribution in [3.63, 3.8) is 0 Å². The minimum Gasteiger partial charge on any atom is -0.0761 e. The van der Waals surface area contributed by atoms with E-state index in [4.69, 9.17) is 0 Å². The standard InChI is InChI=1S/C18H20/c1-3-4-10-18(16-8-6-5-7-9-16)17-13-11-15(2)12-14-17/h5-14H,3-4H2,1-2H3/b18-10+. The maximum Gasteiger partial charge on any atom is -0.0151 e. The van der Waals surface area contributed by atoms with Crippen molar-refractivity contribution in [3.05, 3.63) is 77.4 Å². The maximum absolute atomic E-state index is 2.35. The Kier molecular flexibility index (Phi) is 4.35. The Bertz CT molecular complexity index is 503. The molecule has 0 amide bonds. The molecule has 0 radical (unpaired) electrons. The van der Waals surface area contributed by atoms with Gasteiger partial charge in [0.25, 0.3) is 0 Å². The Balaban J connectivity index is 2.40. The van der Waals surface area contributed by atoms with Gasteiger partial charge in [-0.3, -0.25) is 0 Å². The Labute approximate surface area is 110 Å². The first-order chi connectivity index (χ1) is 8.81. The summed E-state index contributed by atoms with van der Waals surface area (Å²) in [6.07, 6.45) is 4.65. The van der Waals surface area contributed by atoms with Gasteiger partial charge in [0.15, 0.2) is 0 Å². The largest absolute Gasteiger partial charge is 0.0761 e. The van der Waals surface area contributed by atoms with Crippen molar-refractivity contribution in [1.29, 1.82) is 0 Å². The van der Waals surface area contributed by atoms with Crippen LogP contribution in [0.3, 0.4) is 0 Å². The fourth-order valence-electron chi connectivity index (χ4n) is 2.04. The zero-order valence-corrected chi connectivity index (χ0v) is 11.2. The molecular weight excluding hydrogens is 216 g/mol. The van der Waals surface area contributed by atoms with Crippen molar-refractivity contribution < 1.29 is 0 Å². The van der Waals surface area contributed by atoms with Crippen molar-refractivity contribution in [2.75, 3.05) is 0 Å². The molecule has 0 heteroatoms. The molecule has 2 aromatic carbocycles. The van der Waals surface area contributed by atoms with Crippen molar-refractivity contribution >= 4 is 5.57 Å². The Morgan fingerprint density at radius 2 is 1.50 bits per heavy atom. The summed E-state index contributed by atoms with van der Waals surface area (Å²) in [7, 11) is 0. The molecule has 2 aromatic rings. The highest BCUT2D eigenvalue weighted by molar-refractivity contribution is 5.79. The molecule has 0 fully saturated rings. The first-order valence-electron chi connectivity index (χ1n) is 6.64. The van der Waals surface area contributed by atoms with Gasteiger partial charge >= 0.3 is 0 Å². The van der Waals surface area contributed by atoms with E-state index in [9.17, 15) is 0 Å². The summed E-state index contributed by atoms with van der Waals surface area (Å²) < 4.78 is 0. The van der Waals surface area contributed by atoms with Crippen LogP contribution < -0.4 is 0 Å². The van der Waals surface area contributed by atoms with Gasteiger partial charge in [0.1, 0.15) is 0 Å². The van der Waals surface area contributed by atoms with E-state index in [1.165, 1.54) is 28.7 Å². The lowest BCUT2D eigenvalue weighted by molar-refractivity contribution is 0.960. The number of benzene rings is 2. The quantitative estimate of drug-likeness (QED) is 0.682. The summed E-state index contributed by atoms with van der Waals surface area (Å²) in [6, 6.07) is 19.4. The number of hydrogen-bond acceptors (Lipinski definition) is 0.